The zero-order chi connectivity index (χ0) is 19.7. The summed E-state index contributed by atoms with van der Waals surface area (Å²) >= 11 is 1.55. The smallest absolute Gasteiger partial charge is 0.234 e. The maximum Gasteiger partial charge on any atom is 0.234 e. The van der Waals surface area contributed by atoms with Gasteiger partial charge in [-0.05, 0) is 53.7 Å². The molecule has 0 atom stereocenters. The SMILES string of the molecule is NC(=NC=CSc1cnc2ncccn12)N1CCC2(CC1)Cc1ccccc1C2. The summed E-state index contributed by atoms with van der Waals surface area (Å²) in [6.07, 6.45) is 12.0. The second kappa shape index (κ2) is 7.55. The van der Waals surface area contributed by atoms with Crippen LogP contribution in [0.5, 0.6) is 0 Å². The summed E-state index contributed by atoms with van der Waals surface area (Å²) in [5.74, 6) is 1.30. The molecule has 29 heavy (non-hydrogen) atoms. The van der Waals surface area contributed by atoms with Crippen molar-refractivity contribution >= 4 is 23.5 Å². The molecule has 0 bridgehead atoms. The van der Waals surface area contributed by atoms with Crippen LogP contribution >= 0.6 is 11.8 Å². The Balaban J connectivity index is 1.17. The summed E-state index contributed by atoms with van der Waals surface area (Å²) in [5, 5.41) is 2.93. The van der Waals surface area contributed by atoms with Gasteiger partial charge in [0.25, 0.3) is 0 Å². The van der Waals surface area contributed by atoms with Crippen LogP contribution in [0.15, 0.2) is 70.5 Å². The minimum absolute atomic E-state index is 0.420. The van der Waals surface area contributed by atoms with Gasteiger partial charge in [0, 0.05) is 31.7 Å². The van der Waals surface area contributed by atoms with E-state index in [2.05, 4.69) is 44.1 Å². The topological polar surface area (TPSA) is 71.8 Å². The lowest BCUT2D eigenvalue weighted by atomic mass is 9.76. The first-order valence-corrected chi connectivity index (χ1v) is 10.9. The monoisotopic (exact) mass is 404 g/mol. The number of fused-ring (bicyclic) bond motifs is 2. The van der Waals surface area contributed by atoms with E-state index in [-0.39, 0.29) is 0 Å². The fourth-order valence-electron chi connectivity index (χ4n) is 4.52. The predicted molar refractivity (Wildman–Crippen MR) is 117 cm³/mol. The molecule has 1 fully saturated rings. The molecule has 1 aliphatic heterocycles. The van der Waals surface area contributed by atoms with Crippen LogP contribution in [0.3, 0.4) is 0 Å². The van der Waals surface area contributed by atoms with E-state index < -0.39 is 0 Å². The summed E-state index contributed by atoms with van der Waals surface area (Å²) in [7, 11) is 0. The summed E-state index contributed by atoms with van der Waals surface area (Å²) in [6, 6.07) is 10.8. The van der Waals surface area contributed by atoms with E-state index in [1.807, 2.05) is 28.3 Å². The molecule has 1 aliphatic carbocycles. The Bertz CT molecular complexity index is 1050. The van der Waals surface area contributed by atoms with Crippen molar-refractivity contribution in [1.29, 1.82) is 0 Å². The number of nitrogens with two attached hydrogens (primary N) is 1. The molecule has 3 heterocycles. The van der Waals surface area contributed by atoms with E-state index in [0.717, 1.165) is 18.1 Å². The van der Waals surface area contributed by atoms with Crippen LogP contribution < -0.4 is 5.73 Å². The zero-order valence-corrected chi connectivity index (χ0v) is 17.1. The summed E-state index contributed by atoms with van der Waals surface area (Å²) < 4.78 is 1.95. The Kier molecular flexibility index (Phi) is 4.75. The van der Waals surface area contributed by atoms with Gasteiger partial charge in [0.1, 0.15) is 5.03 Å². The third-order valence-electron chi connectivity index (χ3n) is 6.11. The first-order chi connectivity index (χ1) is 14.2. The van der Waals surface area contributed by atoms with E-state index in [1.54, 1.807) is 24.2 Å². The number of aromatic nitrogens is 3. The van der Waals surface area contributed by atoms with E-state index in [0.29, 0.717) is 17.2 Å². The van der Waals surface area contributed by atoms with Crippen molar-refractivity contribution < 1.29 is 0 Å². The first kappa shape index (κ1) is 18.2. The first-order valence-electron chi connectivity index (χ1n) is 9.97. The number of thioether (sulfide) groups is 1. The van der Waals surface area contributed by atoms with Crippen LogP contribution in [0.1, 0.15) is 24.0 Å². The molecular weight excluding hydrogens is 380 g/mol. The third-order valence-corrected chi connectivity index (χ3v) is 6.91. The van der Waals surface area contributed by atoms with Gasteiger partial charge in [-0.3, -0.25) is 4.40 Å². The minimum atomic E-state index is 0.420. The van der Waals surface area contributed by atoms with Crippen molar-refractivity contribution in [2.24, 2.45) is 16.1 Å². The molecule has 0 saturated carbocycles. The number of hydrogen-bond donors (Lipinski definition) is 1. The molecule has 2 aromatic heterocycles. The maximum atomic E-state index is 6.26. The van der Waals surface area contributed by atoms with Gasteiger partial charge in [0.2, 0.25) is 5.78 Å². The molecule has 0 amide bonds. The van der Waals surface area contributed by atoms with Crippen LogP contribution in [0.2, 0.25) is 0 Å². The fourth-order valence-corrected chi connectivity index (χ4v) is 5.15. The predicted octanol–water partition coefficient (Wildman–Crippen LogP) is 3.49. The molecule has 1 spiro atoms. The minimum Gasteiger partial charge on any atom is -0.370 e. The van der Waals surface area contributed by atoms with Crippen LogP contribution in [0.4, 0.5) is 0 Å². The van der Waals surface area contributed by atoms with E-state index in [4.69, 9.17) is 5.73 Å². The molecule has 5 rings (SSSR count). The van der Waals surface area contributed by atoms with Gasteiger partial charge < -0.3 is 10.6 Å². The highest BCUT2D eigenvalue weighted by atomic mass is 32.2. The molecule has 6 nitrogen and oxygen atoms in total. The van der Waals surface area contributed by atoms with Gasteiger partial charge in [-0.1, -0.05) is 36.0 Å². The highest BCUT2D eigenvalue weighted by Crippen LogP contribution is 2.44. The number of piperidine rings is 1. The van der Waals surface area contributed by atoms with Crippen molar-refractivity contribution in [3.05, 3.63) is 71.7 Å². The molecule has 1 saturated heterocycles. The highest BCUT2D eigenvalue weighted by Gasteiger charge is 2.39. The molecule has 0 radical (unpaired) electrons. The Labute approximate surface area is 174 Å². The van der Waals surface area contributed by atoms with E-state index >= 15 is 0 Å². The second-order valence-corrected chi connectivity index (χ2v) is 8.81. The van der Waals surface area contributed by atoms with Gasteiger partial charge >= 0.3 is 0 Å². The molecule has 2 aliphatic rings. The lowest BCUT2D eigenvalue weighted by Crippen LogP contribution is -2.46. The zero-order valence-electron chi connectivity index (χ0n) is 16.2. The van der Waals surface area contributed by atoms with E-state index in [1.165, 1.54) is 36.8 Å². The average Bonchev–Trinajstić information content (AvgIpc) is 3.32. The van der Waals surface area contributed by atoms with Gasteiger partial charge in [-0.25, -0.2) is 15.0 Å². The van der Waals surface area contributed by atoms with Gasteiger partial charge in [0.05, 0.1) is 6.20 Å². The number of nitrogens with zero attached hydrogens (tertiary/aromatic N) is 5. The van der Waals surface area contributed by atoms with Crippen LogP contribution in [-0.4, -0.2) is 38.3 Å². The molecule has 3 aromatic rings. The van der Waals surface area contributed by atoms with Crippen molar-refractivity contribution in [1.82, 2.24) is 19.3 Å². The maximum absolute atomic E-state index is 6.26. The number of rotatable bonds is 3. The quantitative estimate of drug-likeness (QED) is 0.411. The lowest BCUT2D eigenvalue weighted by Gasteiger charge is -2.39. The largest absolute Gasteiger partial charge is 0.370 e. The third kappa shape index (κ3) is 3.62. The average molecular weight is 405 g/mol. The molecule has 2 N–H and O–H groups in total. The summed E-state index contributed by atoms with van der Waals surface area (Å²) in [5.41, 5.74) is 9.74. The molecule has 7 heteroatoms. The number of imidazole rings is 1. The van der Waals surface area contributed by atoms with Crippen LogP contribution in [0, 0.1) is 5.41 Å². The molecular formula is C22H24N6S. The molecule has 1 aromatic carbocycles. The van der Waals surface area contributed by atoms with Crippen molar-refractivity contribution in [2.45, 2.75) is 30.7 Å². The number of hydrogen-bond acceptors (Lipinski definition) is 4. The van der Waals surface area contributed by atoms with E-state index in [9.17, 15) is 0 Å². The molecule has 0 unspecified atom stereocenters. The second-order valence-electron chi connectivity index (χ2n) is 7.89. The highest BCUT2D eigenvalue weighted by molar-refractivity contribution is 8.02. The van der Waals surface area contributed by atoms with Gasteiger partial charge in [0.15, 0.2) is 5.96 Å². The Morgan fingerprint density at radius 2 is 1.86 bits per heavy atom. The summed E-state index contributed by atoms with van der Waals surface area (Å²) in [6.45, 7) is 1.95. The Hall–Kier alpha value is -2.80. The summed E-state index contributed by atoms with van der Waals surface area (Å²) in [4.78, 5) is 15.2. The fraction of sp³-hybridized carbons (Fsp3) is 0.318. The van der Waals surface area contributed by atoms with Crippen LogP contribution in [0.25, 0.3) is 5.78 Å². The number of guanidine groups is 1. The normalized spacial score (nSPS) is 18.8. The van der Waals surface area contributed by atoms with Crippen molar-refractivity contribution in [2.75, 3.05) is 13.1 Å². The van der Waals surface area contributed by atoms with Crippen LogP contribution in [-0.2, 0) is 12.8 Å². The van der Waals surface area contributed by atoms with Gasteiger partial charge in [-0.15, -0.1) is 0 Å². The van der Waals surface area contributed by atoms with Gasteiger partial charge in [-0.2, -0.15) is 0 Å². The molecule has 148 valence electrons. The van der Waals surface area contributed by atoms with Crippen molar-refractivity contribution in [3.8, 4) is 0 Å². The Morgan fingerprint density at radius 1 is 1.10 bits per heavy atom. The standard InChI is InChI=1S/C22H24N6S/c23-20(24-9-13-29-19-16-26-21-25-8-3-10-28(19)21)27-11-6-22(7-12-27)14-17-4-1-2-5-18(17)15-22/h1-5,8-10,13,16H,6-7,11-12,14-15H2,(H2,23,24). The number of aliphatic imine (C=N–C) groups is 1. The van der Waals surface area contributed by atoms with Crippen molar-refractivity contribution in [3.63, 3.8) is 0 Å². The number of likely N-dealkylation sites (tertiary alicyclic amines) is 1. The lowest BCUT2D eigenvalue weighted by molar-refractivity contribution is 0.157. The Morgan fingerprint density at radius 3 is 2.62 bits per heavy atom. The number of benzene rings is 1.